The lowest BCUT2D eigenvalue weighted by Gasteiger charge is -2.19. The minimum Gasteiger partial charge on any atom is -0.329 e. The predicted molar refractivity (Wildman–Crippen MR) is 61.4 cm³/mol. The molecule has 1 aromatic rings. The van der Waals surface area contributed by atoms with Crippen LogP contribution in [-0.4, -0.2) is 24.5 Å². The van der Waals surface area contributed by atoms with E-state index in [2.05, 4.69) is 0 Å². The Bertz CT molecular complexity index is 358. The van der Waals surface area contributed by atoms with Crippen LogP contribution < -0.4 is 5.73 Å². The molecule has 0 spiro atoms. The Labute approximate surface area is 99.0 Å². The van der Waals surface area contributed by atoms with Crippen LogP contribution in [0.3, 0.4) is 0 Å². The topological polar surface area (TPSA) is 29.3 Å². The Hall–Kier alpha value is -0.710. The summed E-state index contributed by atoms with van der Waals surface area (Å²) in [5.41, 5.74) is 5.72. The molecule has 0 aliphatic rings. The molecule has 0 aliphatic carbocycles. The number of nitrogens with zero attached hydrogens (tertiary/aromatic N) is 1. The molecular weight excluding hydrogens is 234 g/mol. The summed E-state index contributed by atoms with van der Waals surface area (Å²) in [4.78, 5) is 1.94. The predicted octanol–water partition coefficient (Wildman–Crippen LogP) is 2.40. The Morgan fingerprint density at radius 3 is 2.56 bits per heavy atom. The van der Waals surface area contributed by atoms with E-state index in [4.69, 9.17) is 17.3 Å². The van der Waals surface area contributed by atoms with Gasteiger partial charge in [-0.3, -0.25) is 4.90 Å². The minimum atomic E-state index is -0.595. The van der Waals surface area contributed by atoms with Gasteiger partial charge in [-0.1, -0.05) is 18.5 Å². The first-order valence-electron chi connectivity index (χ1n) is 5.14. The molecule has 0 atom stereocenters. The molecule has 16 heavy (non-hydrogen) atoms. The van der Waals surface area contributed by atoms with E-state index in [1.54, 1.807) is 0 Å². The third-order valence-electron chi connectivity index (χ3n) is 2.38. The molecule has 0 fully saturated rings. The maximum atomic E-state index is 13.5. The van der Waals surface area contributed by atoms with Gasteiger partial charge in [-0.2, -0.15) is 0 Å². The van der Waals surface area contributed by atoms with Crippen molar-refractivity contribution in [2.45, 2.75) is 13.5 Å². The van der Waals surface area contributed by atoms with Gasteiger partial charge in [0.25, 0.3) is 0 Å². The van der Waals surface area contributed by atoms with Gasteiger partial charge in [0.15, 0.2) is 0 Å². The van der Waals surface area contributed by atoms with Crippen molar-refractivity contribution in [3.8, 4) is 0 Å². The molecule has 0 aromatic heterocycles. The van der Waals surface area contributed by atoms with Crippen molar-refractivity contribution in [1.82, 2.24) is 4.90 Å². The maximum Gasteiger partial charge on any atom is 0.142 e. The highest BCUT2D eigenvalue weighted by Gasteiger charge is 2.11. The van der Waals surface area contributed by atoms with E-state index < -0.39 is 11.6 Å². The monoisotopic (exact) mass is 248 g/mol. The average Bonchev–Trinajstić information content (AvgIpc) is 2.25. The Morgan fingerprint density at radius 2 is 2.00 bits per heavy atom. The van der Waals surface area contributed by atoms with Crippen molar-refractivity contribution in [2.75, 3.05) is 19.6 Å². The van der Waals surface area contributed by atoms with E-state index in [1.165, 1.54) is 0 Å². The van der Waals surface area contributed by atoms with Crippen LogP contribution in [0.5, 0.6) is 0 Å². The lowest BCUT2D eigenvalue weighted by molar-refractivity contribution is 0.283. The van der Waals surface area contributed by atoms with Gasteiger partial charge >= 0.3 is 0 Å². The first kappa shape index (κ1) is 13.4. The number of benzene rings is 1. The highest BCUT2D eigenvalue weighted by molar-refractivity contribution is 6.30. The van der Waals surface area contributed by atoms with Gasteiger partial charge in [0.1, 0.15) is 11.6 Å². The van der Waals surface area contributed by atoms with Crippen LogP contribution in [0.2, 0.25) is 5.02 Å². The first-order chi connectivity index (χ1) is 7.58. The lowest BCUT2D eigenvalue weighted by Crippen LogP contribution is -2.29. The van der Waals surface area contributed by atoms with E-state index >= 15 is 0 Å². The molecule has 5 heteroatoms. The highest BCUT2D eigenvalue weighted by Crippen LogP contribution is 2.20. The van der Waals surface area contributed by atoms with Crippen LogP contribution in [0.25, 0.3) is 0 Å². The molecule has 0 heterocycles. The zero-order chi connectivity index (χ0) is 12.1. The Balaban J connectivity index is 2.83. The molecule has 1 rings (SSSR count). The molecule has 0 aliphatic heterocycles. The van der Waals surface area contributed by atoms with Gasteiger partial charge in [0, 0.05) is 25.2 Å². The molecule has 2 nitrogen and oxygen atoms in total. The van der Waals surface area contributed by atoms with Crippen LogP contribution in [0.1, 0.15) is 12.5 Å². The van der Waals surface area contributed by atoms with Crippen LogP contribution in [-0.2, 0) is 6.54 Å². The SMILES string of the molecule is CCN(CCN)Cc1cc(F)c(Cl)cc1F. The molecule has 0 bridgehead atoms. The van der Waals surface area contributed by atoms with E-state index in [0.29, 0.717) is 25.2 Å². The normalized spacial score (nSPS) is 11.1. The zero-order valence-corrected chi connectivity index (χ0v) is 9.90. The summed E-state index contributed by atoms with van der Waals surface area (Å²) in [5, 5.41) is -0.192. The molecule has 0 saturated heterocycles. The van der Waals surface area contributed by atoms with Gasteiger partial charge in [0.05, 0.1) is 5.02 Å². The smallest absolute Gasteiger partial charge is 0.142 e. The zero-order valence-electron chi connectivity index (χ0n) is 9.14. The number of likely N-dealkylation sites (N-methyl/N-ethyl adjacent to an activating group) is 1. The van der Waals surface area contributed by atoms with Crippen LogP contribution >= 0.6 is 11.6 Å². The van der Waals surface area contributed by atoms with Crippen LogP contribution in [0.15, 0.2) is 12.1 Å². The quantitative estimate of drug-likeness (QED) is 0.811. The van der Waals surface area contributed by atoms with Crippen molar-refractivity contribution >= 4 is 11.6 Å². The average molecular weight is 249 g/mol. The van der Waals surface area contributed by atoms with Crippen molar-refractivity contribution < 1.29 is 8.78 Å². The fourth-order valence-corrected chi connectivity index (χ4v) is 1.61. The molecular formula is C11H15ClF2N2. The Morgan fingerprint density at radius 1 is 1.31 bits per heavy atom. The lowest BCUT2D eigenvalue weighted by atomic mass is 10.2. The van der Waals surface area contributed by atoms with Gasteiger partial charge < -0.3 is 5.73 Å². The molecule has 0 unspecified atom stereocenters. The summed E-state index contributed by atoms with van der Waals surface area (Å²) < 4.78 is 26.6. The highest BCUT2D eigenvalue weighted by atomic mass is 35.5. The summed E-state index contributed by atoms with van der Waals surface area (Å²) in [6.07, 6.45) is 0. The largest absolute Gasteiger partial charge is 0.329 e. The number of nitrogens with two attached hydrogens (primary N) is 1. The third-order valence-corrected chi connectivity index (χ3v) is 2.67. The number of hydrogen-bond acceptors (Lipinski definition) is 2. The Kier molecular flexibility index (Phi) is 5.12. The maximum absolute atomic E-state index is 13.5. The molecule has 0 amide bonds. The van der Waals surface area contributed by atoms with Gasteiger partial charge in [-0.25, -0.2) is 8.78 Å². The van der Waals surface area contributed by atoms with Crippen molar-refractivity contribution in [3.63, 3.8) is 0 Å². The van der Waals surface area contributed by atoms with Crippen molar-refractivity contribution in [2.24, 2.45) is 5.73 Å². The van der Waals surface area contributed by atoms with Crippen molar-refractivity contribution in [3.05, 3.63) is 34.4 Å². The third kappa shape index (κ3) is 3.40. The first-order valence-corrected chi connectivity index (χ1v) is 5.52. The van der Waals surface area contributed by atoms with E-state index in [0.717, 1.165) is 18.7 Å². The van der Waals surface area contributed by atoms with E-state index in [9.17, 15) is 8.78 Å². The van der Waals surface area contributed by atoms with Gasteiger partial charge in [-0.15, -0.1) is 0 Å². The van der Waals surface area contributed by atoms with Gasteiger partial charge in [0.2, 0.25) is 0 Å². The summed E-state index contributed by atoms with van der Waals surface area (Å²) in [5.74, 6) is -1.08. The van der Waals surface area contributed by atoms with E-state index in [1.807, 2.05) is 11.8 Å². The standard InChI is InChI=1S/C11H15ClF2N2/c1-2-16(4-3-15)7-8-5-11(14)9(12)6-10(8)13/h5-6H,2-4,7,15H2,1H3. The second-order valence-corrected chi connectivity index (χ2v) is 3.92. The summed E-state index contributed by atoms with van der Waals surface area (Å²) in [7, 11) is 0. The summed E-state index contributed by atoms with van der Waals surface area (Å²) >= 11 is 5.47. The second kappa shape index (κ2) is 6.13. The fraction of sp³-hybridized carbons (Fsp3) is 0.455. The molecule has 2 N–H and O–H groups in total. The summed E-state index contributed by atoms with van der Waals surface area (Å²) in [6, 6.07) is 2.14. The van der Waals surface area contributed by atoms with Crippen LogP contribution in [0, 0.1) is 11.6 Å². The molecule has 1 aromatic carbocycles. The molecule has 0 radical (unpaired) electrons. The van der Waals surface area contributed by atoms with E-state index in [-0.39, 0.29) is 5.02 Å². The van der Waals surface area contributed by atoms with Gasteiger partial charge in [-0.05, 0) is 18.7 Å². The molecule has 0 saturated carbocycles. The second-order valence-electron chi connectivity index (χ2n) is 3.52. The molecule has 90 valence electrons. The number of rotatable bonds is 5. The summed E-state index contributed by atoms with van der Waals surface area (Å²) in [6.45, 7) is 4.17. The number of halogens is 3. The van der Waals surface area contributed by atoms with Crippen LogP contribution in [0.4, 0.5) is 8.78 Å². The minimum absolute atomic E-state index is 0.192. The number of hydrogen-bond donors (Lipinski definition) is 1. The fourth-order valence-electron chi connectivity index (χ4n) is 1.46. The van der Waals surface area contributed by atoms with Crippen molar-refractivity contribution in [1.29, 1.82) is 0 Å².